The van der Waals surface area contributed by atoms with Gasteiger partial charge >= 0.3 is 5.97 Å². The van der Waals surface area contributed by atoms with Gasteiger partial charge in [0.05, 0.1) is 5.56 Å². The Morgan fingerprint density at radius 3 is 2.66 bits per heavy atom. The highest BCUT2D eigenvalue weighted by molar-refractivity contribution is 7.99. The quantitative estimate of drug-likeness (QED) is 0.590. The van der Waals surface area contributed by atoms with Gasteiger partial charge in [-0.05, 0) is 61.8 Å². The van der Waals surface area contributed by atoms with Crippen LogP contribution in [-0.4, -0.2) is 63.3 Å². The third-order valence-corrected chi connectivity index (χ3v) is 8.93. The molecule has 1 N–H and O–H groups in total. The molecule has 3 aliphatic rings. The van der Waals surface area contributed by atoms with Crippen LogP contribution >= 0.6 is 11.8 Å². The van der Waals surface area contributed by atoms with E-state index < -0.39 is 5.97 Å². The minimum atomic E-state index is -0.738. The Bertz CT molecular complexity index is 1040. The average molecular weight is 495 g/mol. The van der Waals surface area contributed by atoms with Gasteiger partial charge in [0.1, 0.15) is 10.8 Å². The summed E-state index contributed by atoms with van der Waals surface area (Å²) >= 11 is 1.76. The van der Waals surface area contributed by atoms with Crippen molar-refractivity contribution in [2.24, 2.45) is 5.92 Å². The largest absolute Gasteiger partial charge is 0.481 e. The number of aliphatic carboxylic acids is 1. The van der Waals surface area contributed by atoms with Crippen molar-refractivity contribution in [2.75, 3.05) is 31.1 Å². The standard InChI is InChI=1S/C27H34N4O3S/c32-25(33)15-19-5-4-13-30(17-19)24-10-9-23(26(29-24)35-22-7-1-2-8-22)27(34)31-14-11-21(18-31)20-6-3-12-28-16-20/h3,6,9-10,12,16,19,21-22H,1-2,4-5,7-8,11,13-15,17-18H2,(H,32,33)/t19?,21-/m1/s1. The normalized spacial score (nSPS) is 23.1. The number of aromatic nitrogens is 2. The zero-order chi connectivity index (χ0) is 24.2. The van der Waals surface area contributed by atoms with Crippen LogP contribution in [-0.2, 0) is 4.79 Å². The molecule has 0 bridgehead atoms. The molecule has 0 radical (unpaired) electrons. The maximum Gasteiger partial charge on any atom is 0.303 e. The Morgan fingerprint density at radius 1 is 1.03 bits per heavy atom. The van der Waals surface area contributed by atoms with Crippen molar-refractivity contribution in [3.05, 3.63) is 47.8 Å². The molecule has 1 saturated carbocycles. The van der Waals surface area contributed by atoms with E-state index in [9.17, 15) is 14.7 Å². The molecule has 4 heterocycles. The Kier molecular flexibility index (Phi) is 7.56. The summed E-state index contributed by atoms with van der Waals surface area (Å²) in [5, 5.41) is 10.6. The van der Waals surface area contributed by atoms with Crippen molar-refractivity contribution in [3.63, 3.8) is 0 Å². The molecule has 1 unspecified atom stereocenters. The molecule has 2 saturated heterocycles. The summed E-state index contributed by atoms with van der Waals surface area (Å²) in [4.78, 5) is 38.3. The van der Waals surface area contributed by atoms with Crippen LogP contribution in [0.2, 0.25) is 0 Å². The fourth-order valence-electron chi connectivity index (χ4n) is 5.71. The number of likely N-dealkylation sites (tertiary alicyclic amines) is 1. The van der Waals surface area contributed by atoms with Crippen LogP contribution in [0.4, 0.5) is 5.82 Å². The van der Waals surface area contributed by atoms with E-state index in [0.29, 0.717) is 29.8 Å². The Balaban J connectivity index is 1.35. The predicted octanol–water partition coefficient (Wildman–Crippen LogP) is 4.83. The van der Waals surface area contributed by atoms with Crippen LogP contribution in [0, 0.1) is 5.92 Å². The van der Waals surface area contributed by atoms with E-state index in [-0.39, 0.29) is 18.2 Å². The van der Waals surface area contributed by atoms with Gasteiger partial charge < -0.3 is 14.9 Å². The molecule has 1 aliphatic carbocycles. The second kappa shape index (κ2) is 11.0. The number of nitrogens with zero attached hydrogens (tertiary/aromatic N) is 4. The molecule has 35 heavy (non-hydrogen) atoms. The number of hydrogen-bond acceptors (Lipinski definition) is 6. The smallest absolute Gasteiger partial charge is 0.303 e. The van der Waals surface area contributed by atoms with Crippen LogP contribution in [0.25, 0.3) is 0 Å². The highest BCUT2D eigenvalue weighted by Gasteiger charge is 2.31. The molecule has 7 nitrogen and oxygen atoms in total. The molecular weight excluding hydrogens is 460 g/mol. The lowest BCUT2D eigenvalue weighted by molar-refractivity contribution is -0.138. The third-order valence-electron chi connectivity index (χ3n) is 7.59. The first-order valence-electron chi connectivity index (χ1n) is 12.9. The number of anilines is 1. The molecule has 8 heteroatoms. The summed E-state index contributed by atoms with van der Waals surface area (Å²) in [6.45, 7) is 3.04. The lowest BCUT2D eigenvalue weighted by atomic mass is 9.95. The minimum Gasteiger partial charge on any atom is -0.481 e. The van der Waals surface area contributed by atoms with Crippen LogP contribution < -0.4 is 4.90 Å². The highest BCUT2D eigenvalue weighted by Crippen LogP contribution is 2.38. The van der Waals surface area contributed by atoms with Gasteiger partial charge in [0.2, 0.25) is 0 Å². The van der Waals surface area contributed by atoms with E-state index in [0.717, 1.165) is 43.2 Å². The Morgan fingerprint density at radius 2 is 1.89 bits per heavy atom. The van der Waals surface area contributed by atoms with Gasteiger partial charge in [0.25, 0.3) is 5.91 Å². The van der Waals surface area contributed by atoms with Gasteiger partial charge in [-0.1, -0.05) is 18.9 Å². The van der Waals surface area contributed by atoms with Gasteiger partial charge in [-0.2, -0.15) is 0 Å². The van der Waals surface area contributed by atoms with Gasteiger partial charge in [-0.25, -0.2) is 4.98 Å². The van der Waals surface area contributed by atoms with Crippen molar-refractivity contribution in [1.82, 2.24) is 14.9 Å². The summed E-state index contributed by atoms with van der Waals surface area (Å²) < 4.78 is 0. The first kappa shape index (κ1) is 24.1. The number of hydrogen-bond donors (Lipinski definition) is 1. The zero-order valence-electron chi connectivity index (χ0n) is 20.1. The van der Waals surface area contributed by atoms with Crippen molar-refractivity contribution in [2.45, 2.75) is 67.6 Å². The fourth-order valence-corrected chi connectivity index (χ4v) is 7.03. The number of thioether (sulfide) groups is 1. The number of rotatable bonds is 7. The summed E-state index contributed by atoms with van der Waals surface area (Å²) in [6, 6.07) is 7.98. The fraction of sp³-hybridized carbons (Fsp3) is 0.556. The lowest BCUT2D eigenvalue weighted by Crippen LogP contribution is -2.37. The van der Waals surface area contributed by atoms with Gasteiger partial charge in [-0.15, -0.1) is 11.8 Å². The zero-order valence-corrected chi connectivity index (χ0v) is 21.0. The molecule has 2 aromatic heterocycles. The highest BCUT2D eigenvalue weighted by atomic mass is 32.2. The number of pyridine rings is 2. The van der Waals surface area contributed by atoms with E-state index >= 15 is 0 Å². The van der Waals surface area contributed by atoms with Gasteiger partial charge in [0.15, 0.2) is 0 Å². The maximum absolute atomic E-state index is 13.7. The number of carboxylic acids is 1. The predicted molar refractivity (Wildman–Crippen MR) is 137 cm³/mol. The van der Waals surface area contributed by atoms with Crippen molar-refractivity contribution >= 4 is 29.5 Å². The first-order chi connectivity index (χ1) is 17.1. The Labute approximate surface area is 211 Å². The topological polar surface area (TPSA) is 86.6 Å². The average Bonchev–Trinajstić information content (AvgIpc) is 3.57. The molecular formula is C27H34N4O3S. The SMILES string of the molecule is O=C(O)CC1CCCN(c2ccc(C(=O)N3CC[C@@H](c4cccnc4)C3)c(SC3CCCC3)n2)C1. The second-order valence-corrected chi connectivity index (χ2v) is 11.4. The van der Waals surface area contributed by atoms with E-state index in [2.05, 4.69) is 16.0 Å². The monoisotopic (exact) mass is 494 g/mol. The number of amides is 1. The summed E-state index contributed by atoms with van der Waals surface area (Å²) in [6.07, 6.45) is 11.6. The number of carbonyl (C=O) groups excluding carboxylic acids is 1. The molecule has 2 aliphatic heterocycles. The minimum absolute atomic E-state index is 0.0679. The lowest BCUT2D eigenvalue weighted by Gasteiger charge is -2.33. The van der Waals surface area contributed by atoms with Crippen molar-refractivity contribution in [3.8, 4) is 0 Å². The van der Waals surface area contributed by atoms with E-state index in [1.807, 2.05) is 29.3 Å². The summed E-state index contributed by atoms with van der Waals surface area (Å²) in [5.41, 5.74) is 1.90. The Hall–Kier alpha value is -2.61. The second-order valence-electron chi connectivity index (χ2n) is 10.1. The molecule has 2 aromatic rings. The van der Waals surface area contributed by atoms with Crippen molar-refractivity contribution in [1.29, 1.82) is 0 Å². The molecule has 1 amide bonds. The molecule has 0 spiro atoms. The third kappa shape index (κ3) is 5.80. The number of piperidine rings is 1. The summed E-state index contributed by atoms with van der Waals surface area (Å²) in [5.74, 6) is 0.665. The maximum atomic E-state index is 13.7. The number of carboxylic acid groups (broad SMARTS) is 1. The van der Waals surface area contributed by atoms with E-state index in [1.165, 1.54) is 31.2 Å². The molecule has 0 aromatic carbocycles. The van der Waals surface area contributed by atoms with E-state index in [1.54, 1.807) is 18.0 Å². The van der Waals surface area contributed by atoms with Crippen molar-refractivity contribution < 1.29 is 14.7 Å². The molecule has 2 atom stereocenters. The van der Waals surface area contributed by atoms with Gasteiger partial charge in [-0.3, -0.25) is 14.6 Å². The van der Waals surface area contributed by atoms with Crippen LogP contribution in [0.5, 0.6) is 0 Å². The first-order valence-corrected chi connectivity index (χ1v) is 13.8. The summed E-state index contributed by atoms with van der Waals surface area (Å²) in [7, 11) is 0. The van der Waals surface area contributed by atoms with Crippen LogP contribution in [0.3, 0.4) is 0 Å². The van der Waals surface area contributed by atoms with Crippen LogP contribution in [0.1, 0.15) is 73.2 Å². The van der Waals surface area contributed by atoms with Gasteiger partial charge in [0, 0.05) is 56.2 Å². The van der Waals surface area contributed by atoms with E-state index in [4.69, 9.17) is 4.98 Å². The number of carbonyl (C=O) groups is 2. The molecule has 186 valence electrons. The molecule has 5 rings (SSSR count). The molecule has 3 fully saturated rings. The van der Waals surface area contributed by atoms with Crippen LogP contribution in [0.15, 0.2) is 41.7 Å².